The highest BCUT2D eigenvalue weighted by molar-refractivity contribution is 5.95. The van der Waals surface area contributed by atoms with Gasteiger partial charge in [-0.15, -0.1) is 0 Å². The number of amides is 1. The Morgan fingerprint density at radius 3 is 2.85 bits per heavy atom. The van der Waals surface area contributed by atoms with Gasteiger partial charge in [0.1, 0.15) is 12.2 Å². The molecule has 4 aromatic rings. The van der Waals surface area contributed by atoms with Gasteiger partial charge in [-0.2, -0.15) is 5.10 Å². The van der Waals surface area contributed by atoms with Crippen molar-refractivity contribution < 1.29 is 4.79 Å². The minimum Gasteiger partial charge on any atom is -0.334 e. The largest absolute Gasteiger partial charge is 0.334 e. The van der Waals surface area contributed by atoms with E-state index in [0.29, 0.717) is 29.1 Å². The molecule has 0 saturated heterocycles. The Morgan fingerprint density at radius 2 is 2.07 bits per heavy atom. The van der Waals surface area contributed by atoms with Gasteiger partial charge in [0, 0.05) is 31.4 Å². The van der Waals surface area contributed by atoms with E-state index in [0.717, 1.165) is 11.1 Å². The zero-order valence-corrected chi connectivity index (χ0v) is 14.8. The number of hydrogen-bond acceptors (Lipinski definition) is 5. The molecule has 136 valence electrons. The van der Waals surface area contributed by atoms with Crippen LogP contribution in [0.15, 0.2) is 47.7 Å². The van der Waals surface area contributed by atoms with E-state index in [-0.39, 0.29) is 11.6 Å². The Labute approximate surface area is 153 Å². The number of aromatic amines is 2. The standard InChI is InChI=1S/C18H17N7O2/c1-24(9-15-20-10-21-23-15)17(26)12-5-3-4-11(6-12)13-7-14-16(19-8-13)22-18(27)25(14)2/h3-8,10H,9H2,1-2H3,(H,19,22,27)(H,20,21,23). The van der Waals surface area contributed by atoms with Gasteiger partial charge in [0.05, 0.1) is 12.1 Å². The topological polar surface area (TPSA) is 113 Å². The van der Waals surface area contributed by atoms with Crippen molar-refractivity contribution in [3.05, 3.63) is 64.7 Å². The van der Waals surface area contributed by atoms with E-state index in [1.165, 1.54) is 10.9 Å². The summed E-state index contributed by atoms with van der Waals surface area (Å²) in [5.74, 6) is 0.487. The first kappa shape index (κ1) is 16.7. The van der Waals surface area contributed by atoms with Crippen molar-refractivity contribution in [1.29, 1.82) is 0 Å². The van der Waals surface area contributed by atoms with Crippen LogP contribution in [0.25, 0.3) is 22.3 Å². The van der Waals surface area contributed by atoms with Crippen molar-refractivity contribution >= 4 is 17.1 Å². The molecule has 0 unspecified atom stereocenters. The molecule has 0 aliphatic heterocycles. The molecule has 27 heavy (non-hydrogen) atoms. The molecular weight excluding hydrogens is 346 g/mol. The predicted octanol–water partition coefficient (Wildman–Crippen LogP) is 1.32. The second kappa shape index (κ2) is 6.52. The smallest absolute Gasteiger partial charge is 0.327 e. The summed E-state index contributed by atoms with van der Waals surface area (Å²) in [5, 5.41) is 6.53. The molecule has 3 aromatic heterocycles. The van der Waals surface area contributed by atoms with Crippen molar-refractivity contribution in [3.8, 4) is 11.1 Å². The normalized spacial score (nSPS) is 11.0. The maximum atomic E-state index is 12.7. The number of carbonyl (C=O) groups excluding carboxylic acids is 1. The van der Waals surface area contributed by atoms with Crippen molar-refractivity contribution in [2.45, 2.75) is 6.54 Å². The van der Waals surface area contributed by atoms with Gasteiger partial charge in [0.15, 0.2) is 5.65 Å². The van der Waals surface area contributed by atoms with Gasteiger partial charge < -0.3 is 4.90 Å². The van der Waals surface area contributed by atoms with E-state index in [9.17, 15) is 9.59 Å². The fourth-order valence-electron chi connectivity index (χ4n) is 2.91. The summed E-state index contributed by atoms with van der Waals surface area (Å²) in [6.07, 6.45) is 3.09. The van der Waals surface area contributed by atoms with Gasteiger partial charge >= 0.3 is 5.69 Å². The lowest BCUT2D eigenvalue weighted by Crippen LogP contribution is -2.26. The maximum absolute atomic E-state index is 12.7. The summed E-state index contributed by atoms with van der Waals surface area (Å²) in [7, 11) is 3.39. The number of fused-ring (bicyclic) bond motifs is 1. The number of aryl methyl sites for hydroxylation is 1. The molecule has 0 atom stereocenters. The highest BCUT2D eigenvalue weighted by Crippen LogP contribution is 2.23. The zero-order chi connectivity index (χ0) is 19.0. The maximum Gasteiger partial charge on any atom is 0.327 e. The molecule has 3 heterocycles. The average molecular weight is 363 g/mol. The van der Waals surface area contributed by atoms with E-state index in [1.807, 2.05) is 24.3 Å². The number of carbonyl (C=O) groups is 1. The van der Waals surface area contributed by atoms with Gasteiger partial charge in [-0.25, -0.2) is 14.8 Å². The number of hydrogen-bond donors (Lipinski definition) is 2. The monoisotopic (exact) mass is 363 g/mol. The number of benzene rings is 1. The van der Waals surface area contributed by atoms with Gasteiger partial charge in [-0.3, -0.25) is 19.4 Å². The number of imidazole rings is 1. The summed E-state index contributed by atoms with van der Waals surface area (Å²) in [6, 6.07) is 9.18. The van der Waals surface area contributed by atoms with Crippen LogP contribution < -0.4 is 5.69 Å². The van der Waals surface area contributed by atoms with E-state index in [1.54, 1.807) is 31.3 Å². The van der Waals surface area contributed by atoms with Gasteiger partial charge in [-0.05, 0) is 23.8 Å². The van der Waals surface area contributed by atoms with Crippen LogP contribution in [-0.2, 0) is 13.6 Å². The summed E-state index contributed by atoms with van der Waals surface area (Å²) >= 11 is 0. The van der Waals surface area contributed by atoms with Gasteiger partial charge in [-0.1, -0.05) is 12.1 Å². The molecular formula is C18H17N7O2. The quantitative estimate of drug-likeness (QED) is 0.568. The van der Waals surface area contributed by atoms with E-state index < -0.39 is 0 Å². The number of pyridine rings is 1. The van der Waals surface area contributed by atoms with Crippen LogP contribution in [0.2, 0.25) is 0 Å². The highest BCUT2D eigenvalue weighted by atomic mass is 16.2. The third-order valence-corrected chi connectivity index (χ3v) is 4.40. The minimum atomic E-state index is -0.215. The molecule has 0 spiro atoms. The molecule has 9 heteroatoms. The molecule has 0 bridgehead atoms. The lowest BCUT2D eigenvalue weighted by molar-refractivity contribution is 0.0781. The molecule has 0 radical (unpaired) electrons. The molecule has 4 rings (SSSR count). The molecule has 2 N–H and O–H groups in total. The van der Waals surface area contributed by atoms with Crippen LogP contribution in [-0.4, -0.2) is 47.6 Å². The third-order valence-electron chi connectivity index (χ3n) is 4.40. The first-order chi connectivity index (χ1) is 13.0. The summed E-state index contributed by atoms with van der Waals surface area (Å²) in [5.41, 5.74) is 3.24. The summed E-state index contributed by atoms with van der Waals surface area (Å²) in [6.45, 7) is 0.335. The molecule has 0 saturated carbocycles. The first-order valence-corrected chi connectivity index (χ1v) is 8.28. The van der Waals surface area contributed by atoms with E-state index >= 15 is 0 Å². The lowest BCUT2D eigenvalue weighted by atomic mass is 10.0. The molecule has 1 aromatic carbocycles. The Bertz CT molecular complexity index is 1170. The van der Waals surface area contributed by atoms with Crippen molar-refractivity contribution in [1.82, 2.24) is 34.6 Å². The third kappa shape index (κ3) is 3.10. The summed E-state index contributed by atoms with van der Waals surface area (Å²) in [4.78, 5) is 37.1. The van der Waals surface area contributed by atoms with E-state index in [4.69, 9.17) is 0 Å². The van der Waals surface area contributed by atoms with Crippen LogP contribution >= 0.6 is 0 Å². The Hall–Kier alpha value is -3.75. The predicted molar refractivity (Wildman–Crippen MR) is 99.0 cm³/mol. The second-order valence-corrected chi connectivity index (χ2v) is 6.26. The number of nitrogens with zero attached hydrogens (tertiary/aromatic N) is 5. The number of aromatic nitrogens is 6. The Kier molecular flexibility index (Phi) is 4.03. The van der Waals surface area contributed by atoms with Crippen LogP contribution in [0.3, 0.4) is 0 Å². The Balaban J connectivity index is 1.65. The number of rotatable bonds is 4. The number of H-pyrrole nitrogens is 2. The van der Waals surface area contributed by atoms with Crippen LogP contribution in [0.1, 0.15) is 16.2 Å². The highest BCUT2D eigenvalue weighted by Gasteiger charge is 2.14. The molecule has 0 fully saturated rings. The van der Waals surface area contributed by atoms with Crippen LogP contribution in [0.5, 0.6) is 0 Å². The first-order valence-electron chi connectivity index (χ1n) is 8.28. The van der Waals surface area contributed by atoms with Crippen LogP contribution in [0, 0.1) is 0 Å². The molecule has 1 amide bonds. The SMILES string of the molecule is CN(Cc1ncn[nH]1)C(=O)c1cccc(-c2cnc3[nH]c(=O)n(C)c3c2)c1. The van der Waals surface area contributed by atoms with Crippen molar-refractivity contribution in [2.75, 3.05) is 7.05 Å². The van der Waals surface area contributed by atoms with E-state index in [2.05, 4.69) is 25.1 Å². The molecule has 9 nitrogen and oxygen atoms in total. The van der Waals surface area contributed by atoms with Gasteiger partial charge in [0.2, 0.25) is 0 Å². The second-order valence-electron chi connectivity index (χ2n) is 6.26. The Morgan fingerprint density at radius 1 is 1.22 bits per heavy atom. The van der Waals surface area contributed by atoms with Crippen molar-refractivity contribution in [3.63, 3.8) is 0 Å². The zero-order valence-electron chi connectivity index (χ0n) is 14.8. The average Bonchev–Trinajstić information content (AvgIpc) is 3.29. The summed E-state index contributed by atoms with van der Waals surface area (Å²) < 4.78 is 1.51. The van der Waals surface area contributed by atoms with Gasteiger partial charge in [0.25, 0.3) is 5.91 Å². The van der Waals surface area contributed by atoms with Crippen molar-refractivity contribution in [2.24, 2.45) is 7.05 Å². The molecule has 0 aliphatic carbocycles. The fraction of sp³-hybridized carbons (Fsp3) is 0.167. The molecule has 0 aliphatic rings. The minimum absolute atomic E-state index is 0.128. The lowest BCUT2D eigenvalue weighted by Gasteiger charge is -2.16. The fourth-order valence-corrected chi connectivity index (χ4v) is 2.91. The number of nitrogens with one attached hydrogen (secondary N) is 2. The van der Waals surface area contributed by atoms with Crippen LogP contribution in [0.4, 0.5) is 0 Å².